The van der Waals surface area contributed by atoms with Crippen LogP contribution in [-0.2, 0) is 11.0 Å². The molecule has 0 spiro atoms. The lowest BCUT2D eigenvalue weighted by Gasteiger charge is -2.09. The van der Waals surface area contributed by atoms with Crippen molar-refractivity contribution >= 4 is 11.5 Å². The van der Waals surface area contributed by atoms with E-state index in [1.807, 2.05) is 0 Å². The molecule has 0 saturated heterocycles. The van der Waals surface area contributed by atoms with Crippen LogP contribution in [0.25, 0.3) is 5.57 Å². The molecule has 2 nitrogen and oxygen atoms in total. The molecule has 0 radical (unpaired) electrons. The lowest BCUT2D eigenvalue weighted by atomic mass is 10.0. The SMILES string of the molecule is C/C(=C\CCC(=O)O)c1cccc(C(F)(F)F)c1. The molecule has 0 atom stereocenters. The van der Waals surface area contributed by atoms with Gasteiger partial charge in [0.15, 0.2) is 0 Å². The normalized spacial score (nSPS) is 12.6. The maximum Gasteiger partial charge on any atom is 0.416 e. The summed E-state index contributed by atoms with van der Waals surface area (Å²) in [6.07, 6.45) is -2.46. The molecule has 0 heterocycles. The fraction of sp³-hybridized carbons (Fsp3) is 0.308. The summed E-state index contributed by atoms with van der Waals surface area (Å²) >= 11 is 0. The highest BCUT2D eigenvalue weighted by atomic mass is 19.4. The molecule has 0 aromatic heterocycles. The van der Waals surface area contributed by atoms with Gasteiger partial charge in [-0.3, -0.25) is 4.79 Å². The highest BCUT2D eigenvalue weighted by Crippen LogP contribution is 2.30. The summed E-state index contributed by atoms with van der Waals surface area (Å²) in [7, 11) is 0. The molecule has 5 heteroatoms. The topological polar surface area (TPSA) is 37.3 Å². The summed E-state index contributed by atoms with van der Waals surface area (Å²) in [5, 5.41) is 8.47. The van der Waals surface area contributed by atoms with E-state index in [0.29, 0.717) is 17.6 Å². The van der Waals surface area contributed by atoms with Crippen LogP contribution in [0.5, 0.6) is 0 Å². The Morgan fingerprint density at radius 3 is 2.61 bits per heavy atom. The number of carboxylic acid groups (broad SMARTS) is 1. The Bertz CT molecular complexity index is 462. The molecule has 0 amide bonds. The summed E-state index contributed by atoms with van der Waals surface area (Å²) in [4.78, 5) is 10.3. The van der Waals surface area contributed by atoms with Gasteiger partial charge >= 0.3 is 12.1 Å². The van der Waals surface area contributed by atoms with E-state index in [0.717, 1.165) is 12.1 Å². The third-order valence-electron chi connectivity index (χ3n) is 2.45. The number of alkyl halides is 3. The largest absolute Gasteiger partial charge is 0.481 e. The van der Waals surface area contributed by atoms with Crippen LogP contribution in [-0.4, -0.2) is 11.1 Å². The Balaban J connectivity index is 2.86. The Morgan fingerprint density at radius 2 is 2.06 bits per heavy atom. The second-order valence-electron chi connectivity index (χ2n) is 3.90. The Labute approximate surface area is 103 Å². The summed E-state index contributed by atoms with van der Waals surface area (Å²) < 4.78 is 37.5. The summed E-state index contributed by atoms with van der Waals surface area (Å²) in [5.74, 6) is -0.928. The van der Waals surface area contributed by atoms with Crippen LogP contribution in [0.1, 0.15) is 30.9 Å². The highest BCUT2D eigenvalue weighted by Gasteiger charge is 2.30. The fourth-order valence-corrected chi connectivity index (χ4v) is 1.47. The first-order valence-electron chi connectivity index (χ1n) is 5.37. The molecule has 0 unspecified atom stereocenters. The average Bonchev–Trinajstić information content (AvgIpc) is 2.27. The van der Waals surface area contributed by atoms with Crippen molar-refractivity contribution in [1.82, 2.24) is 0 Å². The molecule has 0 aliphatic rings. The number of aliphatic carboxylic acids is 1. The van der Waals surface area contributed by atoms with Crippen LogP contribution >= 0.6 is 0 Å². The van der Waals surface area contributed by atoms with Crippen molar-refractivity contribution in [2.24, 2.45) is 0 Å². The summed E-state index contributed by atoms with van der Waals surface area (Å²) in [6, 6.07) is 4.98. The van der Waals surface area contributed by atoms with Crippen LogP contribution in [0.15, 0.2) is 30.3 Å². The molecule has 1 N–H and O–H groups in total. The Kier molecular flexibility index (Phi) is 4.53. The van der Waals surface area contributed by atoms with Gasteiger partial charge in [0.2, 0.25) is 0 Å². The van der Waals surface area contributed by atoms with Crippen LogP contribution in [0.4, 0.5) is 13.2 Å². The van der Waals surface area contributed by atoms with Crippen LogP contribution in [0, 0.1) is 0 Å². The number of hydrogen-bond acceptors (Lipinski definition) is 1. The molecule has 0 bridgehead atoms. The van der Waals surface area contributed by atoms with Gasteiger partial charge in [-0.2, -0.15) is 13.2 Å². The molecule has 0 aliphatic carbocycles. The zero-order valence-corrected chi connectivity index (χ0v) is 9.79. The fourth-order valence-electron chi connectivity index (χ4n) is 1.47. The number of benzene rings is 1. The highest BCUT2D eigenvalue weighted by molar-refractivity contribution is 5.68. The third kappa shape index (κ3) is 4.24. The quantitative estimate of drug-likeness (QED) is 0.887. The smallest absolute Gasteiger partial charge is 0.416 e. The molecule has 1 aromatic carbocycles. The zero-order chi connectivity index (χ0) is 13.8. The van der Waals surface area contributed by atoms with Crippen molar-refractivity contribution in [2.75, 3.05) is 0 Å². The first-order chi connectivity index (χ1) is 8.30. The summed E-state index contributed by atoms with van der Waals surface area (Å²) in [5.41, 5.74) is 0.392. The Hall–Kier alpha value is -1.78. The van der Waals surface area contributed by atoms with E-state index >= 15 is 0 Å². The van der Waals surface area contributed by atoms with Gasteiger partial charge in [-0.1, -0.05) is 18.2 Å². The first-order valence-corrected chi connectivity index (χ1v) is 5.37. The molecular weight excluding hydrogens is 245 g/mol. The van der Waals surface area contributed by atoms with Crippen molar-refractivity contribution in [3.63, 3.8) is 0 Å². The van der Waals surface area contributed by atoms with Gasteiger partial charge in [0.1, 0.15) is 0 Å². The zero-order valence-electron chi connectivity index (χ0n) is 9.79. The van der Waals surface area contributed by atoms with Crippen molar-refractivity contribution < 1.29 is 23.1 Å². The van der Waals surface area contributed by atoms with Crippen molar-refractivity contribution in [3.05, 3.63) is 41.5 Å². The summed E-state index contributed by atoms with van der Waals surface area (Å²) in [6.45, 7) is 1.66. The number of halogens is 3. The van der Waals surface area contributed by atoms with Gasteiger partial charge in [-0.25, -0.2) is 0 Å². The van der Waals surface area contributed by atoms with E-state index in [4.69, 9.17) is 5.11 Å². The van der Waals surface area contributed by atoms with Gasteiger partial charge < -0.3 is 5.11 Å². The van der Waals surface area contributed by atoms with Gasteiger partial charge in [-0.15, -0.1) is 0 Å². The minimum absolute atomic E-state index is 0.0314. The first kappa shape index (κ1) is 14.3. The van der Waals surface area contributed by atoms with E-state index in [9.17, 15) is 18.0 Å². The van der Waals surface area contributed by atoms with Crippen molar-refractivity contribution in [1.29, 1.82) is 0 Å². The molecule has 0 aliphatic heterocycles. The van der Waals surface area contributed by atoms with Crippen LogP contribution < -0.4 is 0 Å². The third-order valence-corrected chi connectivity index (χ3v) is 2.45. The molecule has 0 fully saturated rings. The molecular formula is C13H13F3O2. The van der Waals surface area contributed by atoms with Gasteiger partial charge in [0.05, 0.1) is 5.56 Å². The Morgan fingerprint density at radius 1 is 1.39 bits per heavy atom. The van der Waals surface area contributed by atoms with Crippen molar-refractivity contribution in [3.8, 4) is 0 Å². The minimum Gasteiger partial charge on any atom is -0.481 e. The van der Waals surface area contributed by atoms with Crippen molar-refractivity contribution in [2.45, 2.75) is 25.9 Å². The molecule has 1 rings (SSSR count). The van der Waals surface area contributed by atoms with E-state index in [-0.39, 0.29) is 6.42 Å². The van der Waals surface area contributed by atoms with Gasteiger partial charge in [-0.05, 0) is 36.6 Å². The van der Waals surface area contributed by atoms with Gasteiger partial charge in [0, 0.05) is 6.42 Å². The number of carbonyl (C=O) groups is 1. The second-order valence-corrected chi connectivity index (χ2v) is 3.90. The molecule has 0 saturated carbocycles. The van der Waals surface area contributed by atoms with E-state index < -0.39 is 17.7 Å². The molecule has 1 aromatic rings. The predicted molar refractivity (Wildman–Crippen MR) is 62.0 cm³/mol. The maximum absolute atomic E-state index is 12.5. The van der Waals surface area contributed by atoms with E-state index in [1.54, 1.807) is 19.1 Å². The monoisotopic (exact) mass is 258 g/mol. The maximum atomic E-state index is 12.5. The van der Waals surface area contributed by atoms with E-state index in [1.165, 1.54) is 6.07 Å². The predicted octanol–water partition coefficient (Wildman–Crippen LogP) is 3.97. The lowest BCUT2D eigenvalue weighted by Crippen LogP contribution is -2.04. The number of hydrogen-bond donors (Lipinski definition) is 1. The minimum atomic E-state index is -4.36. The van der Waals surface area contributed by atoms with E-state index in [2.05, 4.69) is 0 Å². The average molecular weight is 258 g/mol. The standard InChI is InChI=1S/C13H13F3O2/c1-9(4-2-7-12(17)18)10-5-3-6-11(8-10)13(14,15)16/h3-6,8H,2,7H2,1H3,(H,17,18)/b9-4+. The lowest BCUT2D eigenvalue weighted by molar-refractivity contribution is -0.138. The molecule has 98 valence electrons. The van der Waals surface area contributed by atoms with Crippen LogP contribution in [0.2, 0.25) is 0 Å². The second kappa shape index (κ2) is 5.71. The molecule has 18 heavy (non-hydrogen) atoms. The number of allylic oxidation sites excluding steroid dienone is 2. The van der Waals surface area contributed by atoms with Gasteiger partial charge in [0.25, 0.3) is 0 Å². The number of carboxylic acids is 1. The number of rotatable bonds is 4. The van der Waals surface area contributed by atoms with Crippen LogP contribution in [0.3, 0.4) is 0 Å².